The second kappa shape index (κ2) is 10.3. The Morgan fingerprint density at radius 2 is 1.92 bits per heavy atom. The molecule has 1 aromatic carbocycles. The molecule has 4 heteroatoms. The minimum atomic E-state index is -0.956. The summed E-state index contributed by atoms with van der Waals surface area (Å²) < 4.78 is 0. The van der Waals surface area contributed by atoms with Crippen molar-refractivity contribution in [3.63, 3.8) is 0 Å². The maximum absolute atomic E-state index is 12.0. The summed E-state index contributed by atoms with van der Waals surface area (Å²) >= 11 is 0. The van der Waals surface area contributed by atoms with E-state index in [-0.39, 0.29) is 17.6 Å². The Morgan fingerprint density at radius 1 is 1.15 bits per heavy atom. The van der Waals surface area contributed by atoms with Crippen LogP contribution in [0.25, 0.3) is 0 Å². The van der Waals surface area contributed by atoms with E-state index in [4.69, 9.17) is 5.11 Å². The number of rotatable bonds is 9. The Hall–Kier alpha value is -2.72. The molecule has 0 aliphatic heterocycles. The molecule has 0 fully saturated rings. The highest BCUT2D eigenvalue weighted by Crippen LogP contribution is 2.27. The minimum absolute atomic E-state index is 0.0531. The van der Waals surface area contributed by atoms with Gasteiger partial charge in [0.15, 0.2) is 5.78 Å². The molecule has 26 heavy (non-hydrogen) atoms. The van der Waals surface area contributed by atoms with Crippen LogP contribution < -0.4 is 0 Å². The van der Waals surface area contributed by atoms with E-state index in [1.807, 2.05) is 48.6 Å². The molecule has 2 rings (SSSR count). The molecule has 0 saturated carbocycles. The lowest BCUT2D eigenvalue weighted by molar-refractivity contribution is -0.131. The molecule has 136 valence electrons. The van der Waals surface area contributed by atoms with Crippen molar-refractivity contribution < 1.29 is 19.8 Å². The average molecular weight is 352 g/mol. The van der Waals surface area contributed by atoms with Gasteiger partial charge in [-0.25, -0.2) is 4.79 Å². The quantitative estimate of drug-likeness (QED) is 0.527. The summed E-state index contributed by atoms with van der Waals surface area (Å²) in [5, 5.41) is 18.7. The third-order valence-electron chi connectivity index (χ3n) is 4.23. The van der Waals surface area contributed by atoms with Gasteiger partial charge in [0.25, 0.3) is 0 Å². The predicted molar refractivity (Wildman–Crippen MR) is 102 cm³/mol. The molecule has 1 aliphatic rings. The first-order valence-electron chi connectivity index (χ1n) is 8.73. The molecule has 1 aromatic rings. The number of aliphatic carboxylic acids is 1. The van der Waals surface area contributed by atoms with Gasteiger partial charge in [0, 0.05) is 18.4 Å². The molecule has 0 spiro atoms. The Morgan fingerprint density at radius 3 is 2.65 bits per heavy atom. The van der Waals surface area contributed by atoms with E-state index in [9.17, 15) is 14.7 Å². The number of hydrogen-bond donors (Lipinski definition) is 2. The van der Waals surface area contributed by atoms with Crippen molar-refractivity contribution in [1.82, 2.24) is 0 Å². The van der Waals surface area contributed by atoms with Crippen LogP contribution in [0.1, 0.15) is 18.4 Å². The molecule has 0 radical (unpaired) electrons. The Labute approximate surface area is 153 Å². The van der Waals surface area contributed by atoms with E-state index in [2.05, 4.69) is 0 Å². The standard InChI is InChI=1S/C22H24O4/c23-19(16-17-8-4-3-5-9-17)13-14-20-18(12-15-21(20)24)10-6-1-2-7-11-22(25)26/h1,3-9,11-15,18-20,23H,2,10,16H2,(H,25,26)/b6-1-,11-7+,14-13+/t18-,19+,20+/m0/s1. The number of carboxylic acids is 1. The lowest BCUT2D eigenvalue weighted by Gasteiger charge is -2.13. The zero-order valence-electron chi connectivity index (χ0n) is 14.6. The number of aliphatic hydroxyl groups excluding tert-OH is 1. The zero-order chi connectivity index (χ0) is 18.8. The fourth-order valence-corrected chi connectivity index (χ4v) is 2.89. The van der Waals surface area contributed by atoms with Crippen LogP contribution >= 0.6 is 0 Å². The van der Waals surface area contributed by atoms with Crippen molar-refractivity contribution in [2.75, 3.05) is 0 Å². The average Bonchev–Trinajstić information content (AvgIpc) is 2.96. The number of aliphatic hydroxyl groups is 1. The van der Waals surface area contributed by atoms with Crippen LogP contribution in [0.4, 0.5) is 0 Å². The third-order valence-corrected chi connectivity index (χ3v) is 4.23. The van der Waals surface area contributed by atoms with Crippen LogP contribution in [0, 0.1) is 11.8 Å². The summed E-state index contributed by atoms with van der Waals surface area (Å²) in [5.74, 6) is -1.08. The molecule has 0 aromatic heterocycles. The first-order valence-corrected chi connectivity index (χ1v) is 8.73. The number of carboxylic acid groups (broad SMARTS) is 1. The van der Waals surface area contributed by atoms with Crippen LogP contribution in [0.15, 0.2) is 78.9 Å². The normalized spacial score (nSPS) is 21.3. The van der Waals surface area contributed by atoms with E-state index in [1.54, 1.807) is 24.3 Å². The Kier molecular flexibility index (Phi) is 7.77. The van der Waals surface area contributed by atoms with Gasteiger partial charge in [-0.05, 0) is 30.4 Å². The van der Waals surface area contributed by atoms with Crippen LogP contribution in [-0.4, -0.2) is 28.1 Å². The maximum atomic E-state index is 12.0. The number of benzene rings is 1. The number of allylic oxidation sites excluding steroid dienone is 6. The number of hydrogen-bond acceptors (Lipinski definition) is 3. The second-order valence-corrected chi connectivity index (χ2v) is 6.28. The highest BCUT2D eigenvalue weighted by atomic mass is 16.4. The van der Waals surface area contributed by atoms with Gasteiger partial charge in [0.1, 0.15) is 0 Å². The van der Waals surface area contributed by atoms with Crippen molar-refractivity contribution in [2.45, 2.75) is 25.4 Å². The molecule has 0 heterocycles. The van der Waals surface area contributed by atoms with Gasteiger partial charge < -0.3 is 10.2 Å². The van der Waals surface area contributed by atoms with E-state index < -0.39 is 12.1 Å². The Balaban J connectivity index is 1.85. The Bertz CT molecular complexity index is 713. The van der Waals surface area contributed by atoms with E-state index in [0.29, 0.717) is 19.3 Å². The molecule has 3 atom stereocenters. The van der Waals surface area contributed by atoms with Gasteiger partial charge in [-0.15, -0.1) is 0 Å². The number of carbonyl (C=O) groups is 2. The third kappa shape index (κ3) is 6.65. The highest BCUT2D eigenvalue weighted by Gasteiger charge is 2.26. The van der Waals surface area contributed by atoms with Gasteiger partial charge in [0.2, 0.25) is 0 Å². The highest BCUT2D eigenvalue weighted by molar-refractivity contribution is 5.95. The molecular weight excluding hydrogens is 328 g/mol. The summed E-state index contributed by atoms with van der Waals surface area (Å²) in [6, 6.07) is 9.73. The molecule has 0 saturated heterocycles. The van der Waals surface area contributed by atoms with E-state index in [0.717, 1.165) is 11.6 Å². The monoisotopic (exact) mass is 352 g/mol. The first-order chi connectivity index (χ1) is 12.6. The van der Waals surface area contributed by atoms with Crippen LogP contribution in [0.5, 0.6) is 0 Å². The topological polar surface area (TPSA) is 74.6 Å². The summed E-state index contributed by atoms with van der Waals surface area (Å²) in [4.78, 5) is 22.4. The predicted octanol–water partition coefficient (Wildman–Crippen LogP) is 3.49. The molecule has 1 aliphatic carbocycles. The van der Waals surface area contributed by atoms with Crippen molar-refractivity contribution in [2.24, 2.45) is 11.8 Å². The van der Waals surface area contributed by atoms with Gasteiger partial charge in [0.05, 0.1) is 6.10 Å². The van der Waals surface area contributed by atoms with Crippen molar-refractivity contribution in [3.8, 4) is 0 Å². The molecule has 0 amide bonds. The van der Waals surface area contributed by atoms with E-state index >= 15 is 0 Å². The number of carbonyl (C=O) groups excluding carboxylic acids is 1. The first kappa shape index (κ1) is 19.6. The smallest absolute Gasteiger partial charge is 0.327 e. The molecule has 0 unspecified atom stereocenters. The fraction of sp³-hybridized carbons (Fsp3) is 0.273. The maximum Gasteiger partial charge on any atom is 0.327 e. The lowest BCUT2D eigenvalue weighted by atomic mass is 9.90. The van der Waals surface area contributed by atoms with Gasteiger partial charge in [-0.1, -0.05) is 66.8 Å². The van der Waals surface area contributed by atoms with E-state index in [1.165, 1.54) is 0 Å². The minimum Gasteiger partial charge on any atom is -0.478 e. The van der Waals surface area contributed by atoms with Crippen LogP contribution in [0.2, 0.25) is 0 Å². The van der Waals surface area contributed by atoms with Crippen molar-refractivity contribution in [3.05, 3.63) is 84.5 Å². The summed E-state index contributed by atoms with van der Waals surface area (Å²) in [6.07, 6.45) is 14.7. The van der Waals surface area contributed by atoms with Crippen LogP contribution in [-0.2, 0) is 16.0 Å². The summed E-state index contributed by atoms with van der Waals surface area (Å²) in [7, 11) is 0. The van der Waals surface area contributed by atoms with Gasteiger partial charge >= 0.3 is 5.97 Å². The summed E-state index contributed by atoms with van der Waals surface area (Å²) in [6.45, 7) is 0. The number of ketones is 1. The van der Waals surface area contributed by atoms with Crippen molar-refractivity contribution in [1.29, 1.82) is 0 Å². The van der Waals surface area contributed by atoms with Crippen molar-refractivity contribution >= 4 is 11.8 Å². The fourth-order valence-electron chi connectivity index (χ4n) is 2.89. The lowest BCUT2D eigenvalue weighted by Crippen LogP contribution is -2.14. The van der Waals surface area contributed by atoms with Gasteiger partial charge in [-0.2, -0.15) is 0 Å². The molecule has 0 bridgehead atoms. The largest absolute Gasteiger partial charge is 0.478 e. The molecule has 2 N–H and O–H groups in total. The van der Waals surface area contributed by atoms with Crippen LogP contribution in [0.3, 0.4) is 0 Å². The SMILES string of the molecule is O=C(O)/C=C/C/C=C\C[C@H]1C=CC(=O)[C@@H]1/C=C/[C@@H](O)Cc1ccccc1. The molecular formula is C22H24O4. The summed E-state index contributed by atoms with van der Waals surface area (Å²) in [5.41, 5.74) is 1.05. The zero-order valence-corrected chi connectivity index (χ0v) is 14.6. The van der Waals surface area contributed by atoms with Gasteiger partial charge in [-0.3, -0.25) is 4.79 Å². The second-order valence-electron chi connectivity index (χ2n) is 6.28. The molecule has 4 nitrogen and oxygen atoms in total.